The molecule has 118 valence electrons. The molecule has 0 aromatic heterocycles. The predicted molar refractivity (Wildman–Crippen MR) is 88.1 cm³/mol. The van der Waals surface area contributed by atoms with Gasteiger partial charge in [-0.2, -0.15) is 0 Å². The highest BCUT2D eigenvalue weighted by Gasteiger charge is 2.29. The maximum atomic E-state index is 11.6. The summed E-state index contributed by atoms with van der Waals surface area (Å²) in [5, 5.41) is 2.85. The molecular weight excluding hydrogens is 290 g/mol. The lowest BCUT2D eigenvalue weighted by molar-refractivity contribution is -0.115. The highest BCUT2D eigenvalue weighted by molar-refractivity contribution is 6.00. The Morgan fingerprint density at radius 3 is 2.87 bits per heavy atom. The first-order chi connectivity index (χ1) is 11.3. The Bertz CT molecular complexity index is 727. The van der Waals surface area contributed by atoms with Crippen LogP contribution in [0.3, 0.4) is 0 Å². The zero-order valence-electron chi connectivity index (χ0n) is 12.9. The number of anilines is 1. The molecule has 1 N–H and O–H groups in total. The van der Waals surface area contributed by atoms with Gasteiger partial charge in [-0.05, 0) is 37.0 Å². The average molecular weight is 309 g/mol. The van der Waals surface area contributed by atoms with Crippen molar-refractivity contribution in [2.45, 2.75) is 31.8 Å². The molecule has 4 nitrogen and oxygen atoms in total. The average Bonchev–Trinajstić information content (AvgIpc) is 2.97. The van der Waals surface area contributed by atoms with Crippen molar-refractivity contribution in [2.24, 2.45) is 0 Å². The molecule has 0 aliphatic carbocycles. The van der Waals surface area contributed by atoms with Gasteiger partial charge in [0.15, 0.2) is 11.5 Å². The molecule has 4 heteroatoms. The molecule has 0 bridgehead atoms. The van der Waals surface area contributed by atoms with Gasteiger partial charge in [-0.1, -0.05) is 30.3 Å². The van der Waals surface area contributed by atoms with E-state index in [1.165, 1.54) is 5.56 Å². The van der Waals surface area contributed by atoms with E-state index in [0.717, 1.165) is 42.0 Å². The molecule has 0 radical (unpaired) electrons. The van der Waals surface area contributed by atoms with Gasteiger partial charge in [0.1, 0.15) is 12.7 Å². The van der Waals surface area contributed by atoms with Crippen LogP contribution in [0, 0.1) is 0 Å². The number of ether oxygens (including phenoxy) is 2. The third kappa shape index (κ3) is 2.89. The molecule has 23 heavy (non-hydrogen) atoms. The van der Waals surface area contributed by atoms with Gasteiger partial charge in [-0.25, -0.2) is 0 Å². The minimum Gasteiger partial charge on any atom is -0.486 e. The van der Waals surface area contributed by atoms with Crippen molar-refractivity contribution in [1.82, 2.24) is 0 Å². The van der Waals surface area contributed by atoms with Crippen LogP contribution in [0.1, 0.15) is 24.0 Å². The van der Waals surface area contributed by atoms with Crippen LogP contribution in [0.4, 0.5) is 5.69 Å². The smallest absolute Gasteiger partial charge is 0.229 e. The maximum absolute atomic E-state index is 11.6. The molecule has 1 amide bonds. The second-order valence-corrected chi connectivity index (χ2v) is 6.07. The van der Waals surface area contributed by atoms with Crippen molar-refractivity contribution in [1.29, 1.82) is 0 Å². The zero-order valence-corrected chi connectivity index (χ0v) is 12.9. The first-order valence-electron chi connectivity index (χ1n) is 8.09. The highest BCUT2D eigenvalue weighted by atomic mass is 16.6. The maximum Gasteiger partial charge on any atom is 0.229 e. The van der Waals surface area contributed by atoms with Crippen LogP contribution in [0.2, 0.25) is 0 Å². The van der Waals surface area contributed by atoms with Crippen LogP contribution in [0.5, 0.6) is 11.5 Å². The fourth-order valence-corrected chi connectivity index (χ4v) is 3.20. The number of hydrogen-bond donors (Lipinski definition) is 1. The van der Waals surface area contributed by atoms with Gasteiger partial charge in [-0.3, -0.25) is 4.79 Å². The number of aryl methyl sites for hydroxylation is 1. The van der Waals surface area contributed by atoms with Crippen molar-refractivity contribution >= 4 is 11.6 Å². The molecule has 2 aromatic carbocycles. The molecule has 2 aliphatic rings. The van der Waals surface area contributed by atoms with Gasteiger partial charge in [0, 0.05) is 11.3 Å². The number of nitrogens with one attached hydrogen (secondary N) is 1. The van der Waals surface area contributed by atoms with E-state index in [0.29, 0.717) is 13.0 Å². The van der Waals surface area contributed by atoms with E-state index < -0.39 is 0 Å². The third-order valence-corrected chi connectivity index (χ3v) is 4.38. The summed E-state index contributed by atoms with van der Waals surface area (Å²) in [7, 11) is 0. The van der Waals surface area contributed by atoms with Crippen molar-refractivity contribution < 1.29 is 14.3 Å². The molecule has 1 atom stereocenters. The van der Waals surface area contributed by atoms with E-state index in [1.54, 1.807) is 0 Å². The monoisotopic (exact) mass is 309 g/mol. The lowest BCUT2D eigenvalue weighted by Gasteiger charge is -2.28. The van der Waals surface area contributed by atoms with Crippen LogP contribution in [-0.2, 0) is 17.6 Å². The number of carbonyl (C=O) groups excluding carboxylic acids is 1. The first kappa shape index (κ1) is 14.1. The molecule has 0 saturated carbocycles. The van der Waals surface area contributed by atoms with Crippen LogP contribution >= 0.6 is 0 Å². The first-order valence-corrected chi connectivity index (χ1v) is 8.09. The van der Waals surface area contributed by atoms with E-state index in [1.807, 2.05) is 18.2 Å². The number of fused-ring (bicyclic) bond motifs is 3. The van der Waals surface area contributed by atoms with Gasteiger partial charge in [0.2, 0.25) is 5.91 Å². The summed E-state index contributed by atoms with van der Waals surface area (Å²) in [6.45, 7) is 0.571. The molecule has 0 unspecified atom stereocenters. The number of benzene rings is 2. The minimum atomic E-state index is 0.0169. The van der Waals surface area contributed by atoms with Gasteiger partial charge in [-0.15, -0.1) is 0 Å². The van der Waals surface area contributed by atoms with Crippen molar-refractivity contribution in [3.63, 3.8) is 0 Å². The standard InChI is InChI=1S/C19H19NO3/c21-18-11-15-16(20-18)9-10-17-19(15)23-14(12-22-17)8-4-7-13-5-2-1-3-6-13/h1-3,5-6,9-10,14H,4,7-8,11-12H2,(H,20,21)/t14-/m0/s1. The van der Waals surface area contributed by atoms with Crippen LogP contribution in [0.25, 0.3) is 0 Å². The molecule has 0 spiro atoms. The SMILES string of the molecule is O=C1Cc2c(ccc3c2O[C@@H](CCCc2ccccc2)CO3)N1. The summed E-state index contributed by atoms with van der Waals surface area (Å²) in [6.07, 6.45) is 3.46. The fourth-order valence-electron chi connectivity index (χ4n) is 3.20. The Morgan fingerprint density at radius 2 is 2.00 bits per heavy atom. The predicted octanol–water partition coefficient (Wildman–Crippen LogP) is 3.34. The van der Waals surface area contributed by atoms with Gasteiger partial charge >= 0.3 is 0 Å². The van der Waals surface area contributed by atoms with Crippen LogP contribution in [-0.4, -0.2) is 18.6 Å². The van der Waals surface area contributed by atoms with E-state index in [4.69, 9.17) is 9.47 Å². The van der Waals surface area contributed by atoms with Gasteiger partial charge in [0.25, 0.3) is 0 Å². The Labute approximate surface area is 135 Å². The second kappa shape index (κ2) is 5.95. The van der Waals surface area contributed by atoms with Crippen LogP contribution < -0.4 is 14.8 Å². The molecule has 4 rings (SSSR count). The number of rotatable bonds is 4. The summed E-state index contributed by atoms with van der Waals surface area (Å²) >= 11 is 0. The largest absolute Gasteiger partial charge is 0.486 e. The summed E-state index contributed by atoms with van der Waals surface area (Å²) < 4.78 is 12.0. The number of hydrogen-bond acceptors (Lipinski definition) is 3. The summed E-state index contributed by atoms with van der Waals surface area (Å²) in [6, 6.07) is 14.2. The van der Waals surface area contributed by atoms with E-state index >= 15 is 0 Å². The Morgan fingerprint density at radius 1 is 1.13 bits per heavy atom. The van der Waals surface area contributed by atoms with Crippen molar-refractivity contribution in [3.8, 4) is 11.5 Å². The Kier molecular flexibility index (Phi) is 3.66. The minimum absolute atomic E-state index is 0.0169. The molecular formula is C19H19NO3. The quantitative estimate of drug-likeness (QED) is 0.942. The lowest BCUT2D eigenvalue weighted by atomic mass is 10.0. The Balaban J connectivity index is 1.41. The molecule has 0 saturated heterocycles. The van der Waals surface area contributed by atoms with Crippen molar-refractivity contribution in [2.75, 3.05) is 11.9 Å². The highest BCUT2D eigenvalue weighted by Crippen LogP contribution is 2.42. The third-order valence-electron chi connectivity index (χ3n) is 4.38. The molecule has 0 fully saturated rings. The van der Waals surface area contributed by atoms with Gasteiger partial charge in [0.05, 0.1) is 6.42 Å². The molecule has 2 aliphatic heterocycles. The molecule has 2 aromatic rings. The Hall–Kier alpha value is -2.49. The van der Waals surface area contributed by atoms with Gasteiger partial charge < -0.3 is 14.8 Å². The number of amides is 1. The second-order valence-electron chi connectivity index (χ2n) is 6.07. The van der Waals surface area contributed by atoms with Crippen LogP contribution in [0.15, 0.2) is 42.5 Å². The zero-order chi connectivity index (χ0) is 15.6. The topological polar surface area (TPSA) is 47.6 Å². The van der Waals surface area contributed by atoms with E-state index in [2.05, 4.69) is 29.6 Å². The normalized spacial score (nSPS) is 18.4. The fraction of sp³-hybridized carbons (Fsp3) is 0.316. The lowest BCUT2D eigenvalue weighted by Crippen LogP contribution is -2.29. The van der Waals surface area contributed by atoms with E-state index in [-0.39, 0.29) is 12.0 Å². The number of carbonyl (C=O) groups is 1. The molecule has 2 heterocycles. The summed E-state index contributed by atoms with van der Waals surface area (Å²) in [5.41, 5.74) is 3.13. The van der Waals surface area contributed by atoms with E-state index in [9.17, 15) is 4.79 Å². The van der Waals surface area contributed by atoms with Crippen molar-refractivity contribution in [3.05, 3.63) is 53.6 Å². The summed E-state index contributed by atoms with van der Waals surface area (Å²) in [4.78, 5) is 11.6. The summed E-state index contributed by atoms with van der Waals surface area (Å²) in [5.74, 6) is 1.51.